The fraction of sp³-hybridized carbons (Fsp3) is 0.348. The Balaban J connectivity index is 1.53. The largest absolute Gasteiger partial charge is 0.484 e. The normalized spacial score (nSPS) is 11.5. The Morgan fingerprint density at radius 3 is 2.84 bits per heavy atom. The lowest BCUT2D eigenvalue weighted by atomic mass is 10.2. The van der Waals surface area contributed by atoms with Crippen molar-refractivity contribution in [1.82, 2.24) is 20.2 Å². The third-order valence-corrected chi connectivity index (χ3v) is 4.74. The van der Waals surface area contributed by atoms with Gasteiger partial charge in [-0.3, -0.25) is 4.79 Å². The number of carbonyl (C=O) groups excluding carboxylic acids is 1. The summed E-state index contributed by atoms with van der Waals surface area (Å²) >= 11 is 0. The van der Waals surface area contributed by atoms with Crippen LogP contribution in [-0.2, 0) is 17.9 Å². The molecule has 2 aromatic carbocycles. The molecule has 0 saturated heterocycles. The van der Waals surface area contributed by atoms with E-state index in [9.17, 15) is 4.79 Å². The zero-order chi connectivity index (χ0) is 22.1. The van der Waals surface area contributed by atoms with E-state index < -0.39 is 5.91 Å². The second kappa shape index (κ2) is 11.0. The van der Waals surface area contributed by atoms with Crippen LogP contribution in [0, 0.1) is 6.92 Å². The van der Waals surface area contributed by atoms with Crippen LogP contribution in [0.3, 0.4) is 0 Å². The van der Waals surface area contributed by atoms with E-state index in [0.29, 0.717) is 12.3 Å². The van der Waals surface area contributed by atoms with E-state index in [4.69, 9.17) is 10.5 Å². The summed E-state index contributed by atoms with van der Waals surface area (Å²) in [6, 6.07) is 15.7. The molecule has 1 heterocycles. The number of aryl methyl sites for hydroxylation is 2. The maximum Gasteiger partial charge on any atom is 0.255 e. The van der Waals surface area contributed by atoms with Crippen molar-refractivity contribution < 1.29 is 9.53 Å². The van der Waals surface area contributed by atoms with E-state index in [0.717, 1.165) is 48.9 Å². The first kappa shape index (κ1) is 22.1. The first-order valence-electron chi connectivity index (χ1n) is 10.5. The molecular formula is C23H30N6O2. The van der Waals surface area contributed by atoms with Crippen LogP contribution in [0.4, 0.5) is 0 Å². The SMILES string of the molecule is CCNC(=NCc1cccc(OCC(N)=O)c1)NCCCn1c(C)nc2ccccc21. The highest BCUT2D eigenvalue weighted by molar-refractivity contribution is 5.79. The van der Waals surface area contributed by atoms with Crippen LogP contribution in [0.2, 0.25) is 0 Å². The number of nitrogens with one attached hydrogen (secondary N) is 2. The molecule has 0 unspecified atom stereocenters. The van der Waals surface area contributed by atoms with Crippen LogP contribution < -0.4 is 21.1 Å². The summed E-state index contributed by atoms with van der Waals surface area (Å²) in [6.45, 7) is 6.89. The number of hydrogen-bond acceptors (Lipinski definition) is 4. The van der Waals surface area contributed by atoms with Crippen LogP contribution in [0.25, 0.3) is 11.0 Å². The van der Waals surface area contributed by atoms with Crippen LogP contribution in [-0.4, -0.2) is 41.1 Å². The number of aliphatic imine (C=N–C) groups is 1. The zero-order valence-electron chi connectivity index (χ0n) is 18.1. The Morgan fingerprint density at radius 1 is 1.19 bits per heavy atom. The van der Waals surface area contributed by atoms with E-state index in [-0.39, 0.29) is 6.61 Å². The average Bonchev–Trinajstić information content (AvgIpc) is 3.08. The number of ether oxygens (including phenoxy) is 1. The molecule has 0 aliphatic rings. The summed E-state index contributed by atoms with van der Waals surface area (Å²) in [5.41, 5.74) is 8.31. The highest BCUT2D eigenvalue weighted by atomic mass is 16.5. The molecule has 0 atom stereocenters. The molecule has 8 heteroatoms. The summed E-state index contributed by atoms with van der Waals surface area (Å²) in [7, 11) is 0. The number of fused-ring (bicyclic) bond motifs is 1. The van der Waals surface area contributed by atoms with Gasteiger partial charge in [0.05, 0.1) is 17.6 Å². The van der Waals surface area contributed by atoms with Crippen LogP contribution in [0.15, 0.2) is 53.5 Å². The van der Waals surface area contributed by atoms with Crippen molar-refractivity contribution in [2.75, 3.05) is 19.7 Å². The number of guanidine groups is 1. The first-order chi connectivity index (χ1) is 15.1. The van der Waals surface area contributed by atoms with Gasteiger partial charge in [-0.15, -0.1) is 0 Å². The lowest BCUT2D eigenvalue weighted by Crippen LogP contribution is -2.38. The van der Waals surface area contributed by atoms with Crippen molar-refractivity contribution in [1.29, 1.82) is 0 Å². The van der Waals surface area contributed by atoms with E-state index in [2.05, 4.69) is 31.2 Å². The van der Waals surface area contributed by atoms with Crippen molar-refractivity contribution in [3.63, 3.8) is 0 Å². The van der Waals surface area contributed by atoms with Crippen LogP contribution in [0.5, 0.6) is 5.75 Å². The molecule has 31 heavy (non-hydrogen) atoms. The molecule has 3 rings (SSSR count). The molecule has 8 nitrogen and oxygen atoms in total. The number of benzene rings is 2. The zero-order valence-corrected chi connectivity index (χ0v) is 18.1. The van der Waals surface area contributed by atoms with Crippen molar-refractivity contribution in [3.05, 3.63) is 59.9 Å². The number of nitrogens with zero attached hydrogens (tertiary/aromatic N) is 3. The fourth-order valence-corrected chi connectivity index (χ4v) is 3.32. The van der Waals surface area contributed by atoms with Crippen molar-refractivity contribution >= 4 is 22.9 Å². The number of primary amides is 1. The predicted molar refractivity (Wildman–Crippen MR) is 123 cm³/mol. The minimum atomic E-state index is -0.499. The number of para-hydroxylation sites is 2. The lowest BCUT2D eigenvalue weighted by molar-refractivity contribution is -0.119. The van der Waals surface area contributed by atoms with Crippen molar-refractivity contribution in [2.24, 2.45) is 10.7 Å². The third-order valence-electron chi connectivity index (χ3n) is 4.74. The van der Waals surface area contributed by atoms with Gasteiger partial charge in [-0.05, 0) is 50.1 Å². The summed E-state index contributed by atoms with van der Waals surface area (Å²) in [4.78, 5) is 20.2. The van der Waals surface area contributed by atoms with Gasteiger partial charge in [0, 0.05) is 19.6 Å². The average molecular weight is 423 g/mol. The second-order valence-corrected chi connectivity index (χ2v) is 7.18. The summed E-state index contributed by atoms with van der Waals surface area (Å²) in [6.07, 6.45) is 0.946. The maximum atomic E-state index is 10.9. The number of rotatable bonds is 10. The van der Waals surface area contributed by atoms with Gasteiger partial charge in [0.15, 0.2) is 12.6 Å². The molecule has 0 aliphatic carbocycles. The number of carbonyl (C=O) groups is 1. The molecule has 0 bridgehead atoms. The lowest BCUT2D eigenvalue weighted by Gasteiger charge is -2.12. The quantitative estimate of drug-likeness (QED) is 0.264. The molecule has 3 aromatic rings. The Kier molecular flexibility index (Phi) is 7.86. The summed E-state index contributed by atoms with van der Waals surface area (Å²) < 4.78 is 7.60. The summed E-state index contributed by atoms with van der Waals surface area (Å²) in [5.74, 6) is 1.90. The Labute approximate surface area is 182 Å². The molecule has 0 radical (unpaired) electrons. The molecule has 4 N–H and O–H groups in total. The standard InChI is InChI=1S/C23H30N6O2/c1-3-25-23(27-15-18-8-6-9-19(14-18)31-16-22(24)30)26-12-7-13-29-17(2)28-20-10-4-5-11-21(20)29/h4-6,8-11,14H,3,7,12-13,15-16H2,1-2H3,(H2,24,30)(H2,25,26,27). The molecule has 0 aliphatic heterocycles. The summed E-state index contributed by atoms with van der Waals surface area (Å²) in [5, 5.41) is 6.66. The van der Waals surface area contributed by atoms with E-state index in [1.54, 1.807) is 6.07 Å². The van der Waals surface area contributed by atoms with Crippen molar-refractivity contribution in [3.8, 4) is 5.75 Å². The number of hydrogen-bond donors (Lipinski definition) is 3. The van der Waals surface area contributed by atoms with Gasteiger partial charge in [-0.25, -0.2) is 9.98 Å². The van der Waals surface area contributed by atoms with Crippen LogP contribution in [0.1, 0.15) is 24.7 Å². The second-order valence-electron chi connectivity index (χ2n) is 7.18. The molecule has 0 spiro atoms. The molecule has 0 fully saturated rings. The molecule has 1 aromatic heterocycles. The Bertz CT molecular complexity index is 1040. The molecule has 1 amide bonds. The predicted octanol–water partition coefficient (Wildman–Crippen LogP) is 2.35. The number of imidazole rings is 1. The molecule has 164 valence electrons. The number of amides is 1. The third kappa shape index (κ3) is 6.47. The van der Waals surface area contributed by atoms with E-state index in [1.807, 2.05) is 50.2 Å². The van der Waals surface area contributed by atoms with Gasteiger partial charge < -0.3 is 25.7 Å². The maximum absolute atomic E-state index is 10.9. The van der Waals surface area contributed by atoms with Gasteiger partial charge in [0.2, 0.25) is 0 Å². The monoisotopic (exact) mass is 422 g/mol. The van der Waals surface area contributed by atoms with Gasteiger partial charge in [0.1, 0.15) is 11.6 Å². The first-order valence-corrected chi connectivity index (χ1v) is 10.5. The minimum Gasteiger partial charge on any atom is -0.484 e. The molecular weight excluding hydrogens is 392 g/mol. The van der Waals surface area contributed by atoms with E-state index >= 15 is 0 Å². The highest BCUT2D eigenvalue weighted by Crippen LogP contribution is 2.16. The smallest absolute Gasteiger partial charge is 0.255 e. The van der Waals surface area contributed by atoms with Gasteiger partial charge in [-0.1, -0.05) is 24.3 Å². The van der Waals surface area contributed by atoms with Gasteiger partial charge in [-0.2, -0.15) is 0 Å². The Morgan fingerprint density at radius 2 is 2.03 bits per heavy atom. The fourth-order valence-electron chi connectivity index (χ4n) is 3.32. The molecule has 0 saturated carbocycles. The topological polar surface area (TPSA) is 107 Å². The van der Waals surface area contributed by atoms with E-state index in [1.165, 1.54) is 5.52 Å². The minimum absolute atomic E-state index is 0.136. The van der Waals surface area contributed by atoms with Crippen molar-refractivity contribution in [2.45, 2.75) is 33.4 Å². The van der Waals surface area contributed by atoms with Crippen LogP contribution >= 0.6 is 0 Å². The number of aromatic nitrogens is 2. The highest BCUT2D eigenvalue weighted by Gasteiger charge is 2.06. The van der Waals surface area contributed by atoms with Gasteiger partial charge in [0.25, 0.3) is 5.91 Å². The van der Waals surface area contributed by atoms with Gasteiger partial charge >= 0.3 is 0 Å². The Hall–Kier alpha value is -3.55. The number of nitrogens with two attached hydrogens (primary N) is 1.